The SMILES string of the molecule is C=C(CCO)C1CCNCC1. The molecule has 1 aliphatic rings. The zero-order valence-corrected chi connectivity index (χ0v) is 6.97. The van der Waals surface area contributed by atoms with Gasteiger partial charge in [0.2, 0.25) is 0 Å². The summed E-state index contributed by atoms with van der Waals surface area (Å²) in [5.41, 5.74) is 1.23. The molecule has 0 amide bonds. The van der Waals surface area contributed by atoms with Gasteiger partial charge in [-0.25, -0.2) is 0 Å². The number of nitrogens with one attached hydrogen (secondary N) is 1. The minimum absolute atomic E-state index is 0.253. The van der Waals surface area contributed by atoms with Gasteiger partial charge < -0.3 is 10.4 Å². The van der Waals surface area contributed by atoms with E-state index in [4.69, 9.17) is 5.11 Å². The molecular formula is C9H17NO. The Labute approximate surface area is 68.3 Å². The minimum Gasteiger partial charge on any atom is -0.396 e. The second-order valence-electron chi connectivity index (χ2n) is 3.16. The van der Waals surface area contributed by atoms with Crippen LogP contribution in [0.3, 0.4) is 0 Å². The maximum Gasteiger partial charge on any atom is 0.0468 e. The van der Waals surface area contributed by atoms with Gasteiger partial charge in [-0.2, -0.15) is 0 Å². The summed E-state index contributed by atoms with van der Waals surface area (Å²) in [6.07, 6.45) is 3.17. The third-order valence-electron chi connectivity index (χ3n) is 2.35. The van der Waals surface area contributed by atoms with E-state index in [0.717, 1.165) is 19.5 Å². The summed E-state index contributed by atoms with van der Waals surface area (Å²) in [5, 5.41) is 12.0. The molecule has 0 bridgehead atoms. The first-order valence-corrected chi connectivity index (χ1v) is 4.34. The Morgan fingerprint density at radius 2 is 2.09 bits per heavy atom. The van der Waals surface area contributed by atoms with Crippen LogP contribution < -0.4 is 5.32 Å². The number of hydrogen-bond acceptors (Lipinski definition) is 2. The van der Waals surface area contributed by atoms with E-state index in [1.165, 1.54) is 18.4 Å². The molecule has 11 heavy (non-hydrogen) atoms. The van der Waals surface area contributed by atoms with Crippen molar-refractivity contribution in [3.63, 3.8) is 0 Å². The Morgan fingerprint density at radius 3 is 2.64 bits per heavy atom. The van der Waals surface area contributed by atoms with Crippen LogP contribution in [-0.4, -0.2) is 24.8 Å². The first-order valence-electron chi connectivity index (χ1n) is 4.34. The third-order valence-corrected chi connectivity index (χ3v) is 2.35. The molecule has 2 N–H and O–H groups in total. The van der Waals surface area contributed by atoms with Gasteiger partial charge in [-0.15, -0.1) is 0 Å². The lowest BCUT2D eigenvalue weighted by Gasteiger charge is -2.24. The summed E-state index contributed by atoms with van der Waals surface area (Å²) in [6, 6.07) is 0. The van der Waals surface area contributed by atoms with Gasteiger partial charge in [-0.3, -0.25) is 0 Å². The molecule has 64 valence electrons. The van der Waals surface area contributed by atoms with Crippen molar-refractivity contribution in [3.8, 4) is 0 Å². The van der Waals surface area contributed by atoms with Crippen LogP contribution in [0, 0.1) is 5.92 Å². The maximum atomic E-state index is 8.69. The van der Waals surface area contributed by atoms with Crippen molar-refractivity contribution >= 4 is 0 Å². The molecule has 2 heteroatoms. The van der Waals surface area contributed by atoms with Gasteiger partial charge in [-0.05, 0) is 38.3 Å². The average Bonchev–Trinajstić information content (AvgIpc) is 2.07. The number of piperidine rings is 1. The topological polar surface area (TPSA) is 32.3 Å². The van der Waals surface area contributed by atoms with Crippen molar-refractivity contribution in [2.45, 2.75) is 19.3 Å². The standard InChI is InChI=1S/C9H17NO/c1-8(4-7-11)9-2-5-10-6-3-9/h9-11H,1-7H2. The van der Waals surface area contributed by atoms with E-state index < -0.39 is 0 Å². The Kier molecular flexibility index (Phi) is 3.60. The van der Waals surface area contributed by atoms with E-state index in [1.807, 2.05) is 0 Å². The van der Waals surface area contributed by atoms with Crippen LogP contribution in [0.5, 0.6) is 0 Å². The quantitative estimate of drug-likeness (QED) is 0.594. The smallest absolute Gasteiger partial charge is 0.0468 e. The molecule has 1 aliphatic heterocycles. The lowest BCUT2D eigenvalue weighted by molar-refractivity contribution is 0.289. The second kappa shape index (κ2) is 4.52. The summed E-state index contributed by atoms with van der Waals surface area (Å²) in [6.45, 7) is 6.45. The number of aliphatic hydroxyl groups excluding tert-OH is 1. The van der Waals surface area contributed by atoms with Crippen molar-refractivity contribution < 1.29 is 5.11 Å². The molecular weight excluding hydrogens is 138 g/mol. The summed E-state index contributed by atoms with van der Waals surface area (Å²) in [7, 11) is 0. The highest BCUT2D eigenvalue weighted by molar-refractivity contribution is 5.01. The van der Waals surface area contributed by atoms with Crippen molar-refractivity contribution in [1.29, 1.82) is 0 Å². The average molecular weight is 155 g/mol. The van der Waals surface area contributed by atoms with E-state index in [-0.39, 0.29) is 6.61 Å². The normalized spacial score (nSPS) is 20.1. The minimum atomic E-state index is 0.253. The lowest BCUT2D eigenvalue weighted by atomic mass is 9.89. The van der Waals surface area contributed by atoms with Gasteiger partial charge in [-0.1, -0.05) is 12.2 Å². The first-order chi connectivity index (χ1) is 5.34. The highest BCUT2D eigenvalue weighted by Gasteiger charge is 2.14. The lowest BCUT2D eigenvalue weighted by Crippen LogP contribution is -2.28. The second-order valence-corrected chi connectivity index (χ2v) is 3.16. The summed E-state index contributed by atoms with van der Waals surface area (Å²) in [4.78, 5) is 0. The zero-order valence-electron chi connectivity index (χ0n) is 6.97. The van der Waals surface area contributed by atoms with Crippen molar-refractivity contribution in [3.05, 3.63) is 12.2 Å². The predicted octanol–water partition coefficient (Wildman–Crippen LogP) is 0.925. The van der Waals surface area contributed by atoms with Crippen LogP contribution in [0.2, 0.25) is 0 Å². The molecule has 0 aromatic carbocycles. The Balaban J connectivity index is 2.27. The molecule has 1 heterocycles. The molecule has 0 radical (unpaired) electrons. The monoisotopic (exact) mass is 155 g/mol. The fourth-order valence-corrected chi connectivity index (χ4v) is 1.58. The van der Waals surface area contributed by atoms with Crippen LogP contribution in [0.1, 0.15) is 19.3 Å². The summed E-state index contributed by atoms with van der Waals surface area (Å²) < 4.78 is 0. The van der Waals surface area contributed by atoms with Gasteiger partial charge in [0, 0.05) is 6.61 Å². The highest BCUT2D eigenvalue weighted by atomic mass is 16.2. The molecule has 0 aliphatic carbocycles. The van der Waals surface area contributed by atoms with E-state index in [0.29, 0.717) is 5.92 Å². The van der Waals surface area contributed by atoms with Gasteiger partial charge >= 0.3 is 0 Å². The van der Waals surface area contributed by atoms with Gasteiger partial charge in [0.1, 0.15) is 0 Å². The van der Waals surface area contributed by atoms with Gasteiger partial charge in [0.05, 0.1) is 0 Å². The number of hydrogen-bond donors (Lipinski definition) is 2. The van der Waals surface area contributed by atoms with Crippen LogP contribution in [0.25, 0.3) is 0 Å². The van der Waals surface area contributed by atoms with E-state index in [1.54, 1.807) is 0 Å². The van der Waals surface area contributed by atoms with E-state index in [2.05, 4.69) is 11.9 Å². The van der Waals surface area contributed by atoms with Crippen LogP contribution in [0.15, 0.2) is 12.2 Å². The molecule has 1 rings (SSSR count). The highest BCUT2D eigenvalue weighted by Crippen LogP contribution is 2.21. The summed E-state index contributed by atoms with van der Waals surface area (Å²) >= 11 is 0. The number of rotatable bonds is 3. The van der Waals surface area contributed by atoms with Crippen LogP contribution in [0.4, 0.5) is 0 Å². The third kappa shape index (κ3) is 2.64. The molecule has 0 saturated carbocycles. The Morgan fingerprint density at radius 1 is 1.45 bits per heavy atom. The molecule has 0 aromatic rings. The van der Waals surface area contributed by atoms with E-state index >= 15 is 0 Å². The molecule has 1 saturated heterocycles. The van der Waals surface area contributed by atoms with Crippen LogP contribution >= 0.6 is 0 Å². The molecule has 0 unspecified atom stereocenters. The predicted molar refractivity (Wildman–Crippen MR) is 46.4 cm³/mol. The van der Waals surface area contributed by atoms with Crippen molar-refractivity contribution in [2.24, 2.45) is 5.92 Å². The fourth-order valence-electron chi connectivity index (χ4n) is 1.58. The van der Waals surface area contributed by atoms with Crippen molar-refractivity contribution in [2.75, 3.05) is 19.7 Å². The molecule has 1 fully saturated rings. The number of aliphatic hydroxyl groups is 1. The van der Waals surface area contributed by atoms with Crippen molar-refractivity contribution in [1.82, 2.24) is 5.32 Å². The Bertz CT molecular complexity index is 128. The zero-order chi connectivity index (χ0) is 8.10. The Hall–Kier alpha value is -0.340. The molecule has 0 aromatic heterocycles. The van der Waals surface area contributed by atoms with Crippen LogP contribution in [-0.2, 0) is 0 Å². The molecule has 0 spiro atoms. The molecule has 2 nitrogen and oxygen atoms in total. The molecule has 0 atom stereocenters. The van der Waals surface area contributed by atoms with E-state index in [9.17, 15) is 0 Å². The largest absolute Gasteiger partial charge is 0.396 e. The van der Waals surface area contributed by atoms with Gasteiger partial charge in [0.15, 0.2) is 0 Å². The maximum absolute atomic E-state index is 8.69. The fraction of sp³-hybridized carbons (Fsp3) is 0.778. The summed E-state index contributed by atoms with van der Waals surface area (Å²) in [5.74, 6) is 0.656. The first kappa shape index (κ1) is 8.75. The van der Waals surface area contributed by atoms with Gasteiger partial charge in [0.25, 0.3) is 0 Å².